The van der Waals surface area contributed by atoms with Crippen LogP contribution in [0.2, 0.25) is 0 Å². The van der Waals surface area contributed by atoms with Crippen LogP contribution in [-0.2, 0) is 6.54 Å². The van der Waals surface area contributed by atoms with Gasteiger partial charge in [0.05, 0.1) is 11.8 Å². The summed E-state index contributed by atoms with van der Waals surface area (Å²) in [4.78, 5) is 6.67. The van der Waals surface area contributed by atoms with Crippen molar-refractivity contribution in [2.75, 3.05) is 13.1 Å². The monoisotopic (exact) mass is 222 g/mol. The predicted molar refractivity (Wildman–Crippen MR) is 66.1 cm³/mol. The molecule has 1 atom stereocenters. The van der Waals surface area contributed by atoms with Crippen molar-refractivity contribution < 1.29 is 5.11 Å². The molecule has 0 radical (unpaired) electrons. The maximum atomic E-state index is 9.20. The van der Waals surface area contributed by atoms with Crippen LogP contribution in [0.5, 0.6) is 0 Å². The number of aliphatic hydroxyl groups excluding tert-OH is 1. The smallest absolute Gasteiger partial charge is 0.0543 e. The van der Waals surface area contributed by atoms with Gasteiger partial charge >= 0.3 is 0 Å². The van der Waals surface area contributed by atoms with E-state index in [2.05, 4.69) is 22.9 Å². The lowest BCUT2D eigenvalue weighted by atomic mass is 10.2. The topological polar surface area (TPSA) is 36.4 Å². The van der Waals surface area contributed by atoms with E-state index in [0.717, 1.165) is 38.2 Å². The van der Waals surface area contributed by atoms with Crippen molar-refractivity contribution in [3.8, 4) is 0 Å². The molecular formula is C13H22N2O. The van der Waals surface area contributed by atoms with Crippen molar-refractivity contribution >= 4 is 0 Å². The molecule has 0 fully saturated rings. The lowest BCUT2D eigenvalue weighted by molar-refractivity contribution is 0.170. The van der Waals surface area contributed by atoms with E-state index in [0.29, 0.717) is 0 Å². The summed E-state index contributed by atoms with van der Waals surface area (Å²) < 4.78 is 0. The fourth-order valence-electron chi connectivity index (χ4n) is 1.68. The lowest BCUT2D eigenvalue weighted by Gasteiger charge is -2.20. The Kier molecular flexibility index (Phi) is 6.04. The van der Waals surface area contributed by atoms with E-state index >= 15 is 0 Å². The van der Waals surface area contributed by atoms with Gasteiger partial charge in [-0.25, -0.2) is 0 Å². The van der Waals surface area contributed by atoms with Gasteiger partial charge in [0.15, 0.2) is 0 Å². The molecule has 1 aromatic heterocycles. The second-order valence-electron chi connectivity index (χ2n) is 4.18. The van der Waals surface area contributed by atoms with E-state index < -0.39 is 0 Å². The SMILES string of the molecule is CCN(CCCC(C)O)Cc1ccccn1. The molecule has 0 aromatic carbocycles. The van der Waals surface area contributed by atoms with Crippen molar-refractivity contribution in [3.05, 3.63) is 30.1 Å². The van der Waals surface area contributed by atoms with Crippen LogP contribution in [0.1, 0.15) is 32.4 Å². The summed E-state index contributed by atoms with van der Waals surface area (Å²) in [6.45, 7) is 6.95. The van der Waals surface area contributed by atoms with Gasteiger partial charge in [-0.1, -0.05) is 13.0 Å². The van der Waals surface area contributed by atoms with Gasteiger partial charge in [0.1, 0.15) is 0 Å². The average molecular weight is 222 g/mol. The largest absolute Gasteiger partial charge is 0.393 e. The van der Waals surface area contributed by atoms with Gasteiger partial charge in [-0.2, -0.15) is 0 Å². The van der Waals surface area contributed by atoms with Gasteiger partial charge in [-0.15, -0.1) is 0 Å². The Balaban J connectivity index is 2.32. The first-order valence-electron chi connectivity index (χ1n) is 6.02. The molecular weight excluding hydrogens is 200 g/mol. The maximum Gasteiger partial charge on any atom is 0.0543 e. The van der Waals surface area contributed by atoms with Gasteiger partial charge in [-0.05, 0) is 45.0 Å². The van der Waals surface area contributed by atoms with Crippen LogP contribution in [0.3, 0.4) is 0 Å². The first-order chi connectivity index (χ1) is 7.72. The molecule has 1 heterocycles. The zero-order valence-electron chi connectivity index (χ0n) is 10.3. The average Bonchev–Trinajstić information content (AvgIpc) is 2.28. The molecule has 1 unspecified atom stereocenters. The van der Waals surface area contributed by atoms with Crippen molar-refractivity contribution in [3.63, 3.8) is 0 Å². The third-order valence-corrected chi connectivity index (χ3v) is 2.66. The standard InChI is InChI=1S/C13H22N2O/c1-3-15(10-6-7-12(2)16)11-13-8-4-5-9-14-13/h4-5,8-9,12,16H,3,6-7,10-11H2,1-2H3. The Morgan fingerprint density at radius 1 is 1.44 bits per heavy atom. The Bertz CT molecular complexity index is 275. The molecule has 3 nitrogen and oxygen atoms in total. The lowest BCUT2D eigenvalue weighted by Crippen LogP contribution is -2.25. The maximum absolute atomic E-state index is 9.20. The molecule has 0 spiro atoms. The van der Waals surface area contributed by atoms with E-state index in [-0.39, 0.29) is 6.10 Å². The first-order valence-corrected chi connectivity index (χ1v) is 6.02. The van der Waals surface area contributed by atoms with E-state index in [1.807, 2.05) is 25.3 Å². The Morgan fingerprint density at radius 2 is 2.25 bits per heavy atom. The van der Waals surface area contributed by atoms with E-state index in [1.165, 1.54) is 0 Å². The highest BCUT2D eigenvalue weighted by Crippen LogP contribution is 2.04. The van der Waals surface area contributed by atoms with Crippen LogP contribution in [0, 0.1) is 0 Å². The van der Waals surface area contributed by atoms with Crippen molar-refractivity contribution in [2.45, 2.75) is 39.3 Å². The summed E-state index contributed by atoms with van der Waals surface area (Å²) in [6.07, 6.45) is 3.56. The first kappa shape index (κ1) is 13.1. The highest BCUT2D eigenvalue weighted by Gasteiger charge is 2.04. The van der Waals surface area contributed by atoms with Gasteiger partial charge in [0, 0.05) is 12.7 Å². The van der Waals surface area contributed by atoms with Crippen LogP contribution in [0.4, 0.5) is 0 Å². The number of aromatic nitrogens is 1. The van der Waals surface area contributed by atoms with E-state index in [9.17, 15) is 5.11 Å². The Morgan fingerprint density at radius 3 is 2.81 bits per heavy atom. The second kappa shape index (κ2) is 7.36. The molecule has 0 saturated carbocycles. The zero-order valence-corrected chi connectivity index (χ0v) is 10.3. The predicted octanol–water partition coefficient (Wildman–Crippen LogP) is 2.06. The van der Waals surface area contributed by atoms with Gasteiger partial charge in [0.2, 0.25) is 0 Å². The molecule has 0 amide bonds. The molecule has 90 valence electrons. The zero-order chi connectivity index (χ0) is 11.8. The van der Waals surface area contributed by atoms with Gasteiger partial charge in [-0.3, -0.25) is 9.88 Å². The van der Waals surface area contributed by atoms with E-state index in [1.54, 1.807) is 0 Å². The molecule has 1 N–H and O–H groups in total. The normalized spacial score (nSPS) is 13.0. The molecule has 1 aromatic rings. The third kappa shape index (κ3) is 5.24. The molecule has 16 heavy (non-hydrogen) atoms. The Hall–Kier alpha value is -0.930. The van der Waals surface area contributed by atoms with Gasteiger partial charge in [0.25, 0.3) is 0 Å². The van der Waals surface area contributed by atoms with E-state index in [4.69, 9.17) is 0 Å². The van der Waals surface area contributed by atoms with Crippen molar-refractivity contribution in [2.24, 2.45) is 0 Å². The number of hydrogen-bond donors (Lipinski definition) is 1. The number of nitrogens with zero attached hydrogens (tertiary/aromatic N) is 2. The fourth-order valence-corrected chi connectivity index (χ4v) is 1.68. The minimum Gasteiger partial charge on any atom is -0.393 e. The third-order valence-electron chi connectivity index (χ3n) is 2.66. The summed E-state index contributed by atoms with van der Waals surface area (Å²) in [5.74, 6) is 0. The van der Waals surface area contributed by atoms with Crippen LogP contribution in [0.25, 0.3) is 0 Å². The number of aliphatic hydroxyl groups is 1. The molecule has 0 aliphatic heterocycles. The highest BCUT2D eigenvalue weighted by molar-refractivity contribution is 5.03. The molecule has 0 aliphatic carbocycles. The van der Waals surface area contributed by atoms with Crippen molar-refractivity contribution in [1.82, 2.24) is 9.88 Å². The molecule has 0 bridgehead atoms. The summed E-state index contributed by atoms with van der Waals surface area (Å²) in [5, 5.41) is 9.20. The highest BCUT2D eigenvalue weighted by atomic mass is 16.3. The summed E-state index contributed by atoms with van der Waals surface area (Å²) >= 11 is 0. The van der Waals surface area contributed by atoms with Crippen LogP contribution in [-0.4, -0.2) is 34.2 Å². The second-order valence-corrected chi connectivity index (χ2v) is 4.18. The number of hydrogen-bond acceptors (Lipinski definition) is 3. The molecule has 0 aliphatic rings. The summed E-state index contributed by atoms with van der Waals surface area (Å²) in [7, 11) is 0. The fraction of sp³-hybridized carbons (Fsp3) is 0.615. The minimum atomic E-state index is -0.187. The quantitative estimate of drug-likeness (QED) is 0.767. The number of rotatable bonds is 7. The minimum absolute atomic E-state index is 0.187. The van der Waals surface area contributed by atoms with Crippen LogP contribution in [0.15, 0.2) is 24.4 Å². The molecule has 1 rings (SSSR count). The summed E-state index contributed by atoms with van der Waals surface area (Å²) in [5.41, 5.74) is 1.11. The van der Waals surface area contributed by atoms with Gasteiger partial charge < -0.3 is 5.11 Å². The molecule has 0 saturated heterocycles. The Labute approximate surface area is 98.1 Å². The van der Waals surface area contributed by atoms with Crippen molar-refractivity contribution in [1.29, 1.82) is 0 Å². The van der Waals surface area contributed by atoms with Crippen LogP contribution < -0.4 is 0 Å². The number of pyridine rings is 1. The summed E-state index contributed by atoms with van der Waals surface area (Å²) in [6, 6.07) is 6.01. The molecule has 3 heteroatoms. The van der Waals surface area contributed by atoms with Crippen LogP contribution >= 0.6 is 0 Å².